The van der Waals surface area contributed by atoms with E-state index in [-0.39, 0.29) is 40.7 Å². The molecule has 2 saturated heterocycles. The van der Waals surface area contributed by atoms with E-state index in [2.05, 4.69) is 6.92 Å². The Kier molecular flexibility index (Phi) is 5.74. The molecule has 0 amide bonds. The van der Waals surface area contributed by atoms with Crippen LogP contribution in [-0.4, -0.2) is 36.4 Å². The number of aliphatic hydroxyl groups is 1. The zero-order valence-electron chi connectivity index (χ0n) is 17.3. The van der Waals surface area contributed by atoms with Gasteiger partial charge in [0.15, 0.2) is 0 Å². The normalized spacial score (nSPS) is 31.9. The van der Waals surface area contributed by atoms with E-state index >= 15 is 0 Å². The van der Waals surface area contributed by atoms with Crippen LogP contribution < -0.4 is 0 Å². The van der Waals surface area contributed by atoms with Crippen molar-refractivity contribution in [2.75, 3.05) is 13.2 Å². The molecule has 5 nitrogen and oxygen atoms in total. The van der Waals surface area contributed by atoms with Gasteiger partial charge in [-0.05, 0) is 74.5 Å². The van der Waals surface area contributed by atoms with Gasteiger partial charge in [-0.3, -0.25) is 9.59 Å². The second-order valence-electron chi connectivity index (χ2n) is 9.76. The Bertz CT molecular complexity index is 550. The topological polar surface area (TPSA) is 72.8 Å². The van der Waals surface area contributed by atoms with Gasteiger partial charge in [0.25, 0.3) is 0 Å². The van der Waals surface area contributed by atoms with Crippen molar-refractivity contribution in [1.29, 1.82) is 0 Å². The van der Waals surface area contributed by atoms with Crippen molar-refractivity contribution < 1.29 is 24.2 Å². The van der Waals surface area contributed by atoms with E-state index in [9.17, 15) is 14.7 Å². The van der Waals surface area contributed by atoms with Gasteiger partial charge < -0.3 is 14.6 Å². The summed E-state index contributed by atoms with van der Waals surface area (Å²) in [5, 5.41) is 10.3. The predicted molar refractivity (Wildman–Crippen MR) is 104 cm³/mol. The predicted octanol–water partition coefficient (Wildman–Crippen LogP) is 4.01. The van der Waals surface area contributed by atoms with Crippen LogP contribution in [0.4, 0.5) is 0 Å². The van der Waals surface area contributed by atoms with E-state index in [1.54, 1.807) is 0 Å². The second kappa shape index (κ2) is 7.97. The number of hydrogen-bond donors (Lipinski definition) is 1. The van der Waals surface area contributed by atoms with Crippen LogP contribution in [0.1, 0.15) is 84.0 Å². The number of esters is 2. The summed E-state index contributed by atoms with van der Waals surface area (Å²) >= 11 is 0. The standard InChI is InChI=1S/C23H36O5/c1-2-3-5-16(24)6-4-7-19(22(10-11-22)17-8-14-27-20(17)25)23(12-13-23)18-9-15-28-21(18)26/h16-19,24H,2-15H2,1H3. The lowest BCUT2D eigenvalue weighted by Crippen LogP contribution is -2.39. The van der Waals surface area contributed by atoms with Crippen LogP contribution in [0.3, 0.4) is 0 Å². The number of cyclic esters (lactones) is 2. The average molecular weight is 393 g/mol. The largest absolute Gasteiger partial charge is 0.465 e. The molecule has 0 aromatic carbocycles. The molecule has 2 heterocycles. The van der Waals surface area contributed by atoms with Gasteiger partial charge in [-0.25, -0.2) is 0 Å². The van der Waals surface area contributed by atoms with Crippen LogP contribution in [-0.2, 0) is 19.1 Å². The van der Waals surface area contributed by atoms with Gasteiger partial charge in [0.1, 0.15) is 0 Å². The van der Waals surface area contributed by atoms with Gasteiger partial charge in [0.05, 0.1) is 31.2 Å². The fourth-order valence-electron chi connectivity index (χ4n) is 6.49. The van der Waals surface area contributed by atoms with Crippen molar-refractivity contribution in [1.82, 2.24) is 0 Å². The summed E-state index contributed by atoms with van der Waals surface area (Å²) < 4.78 is 10.7. The van der Waals surface area contributed by atoms with Crippen LogP contribution >= 0.6 is 0 Å². The van der Waals surface area contributed by atoms with E-state index in [0.29, 0.717) is 19.1 Å². The Morgan fingerprint density at radius 3 is 1.79 bits per heavy atom. The molecule has 1 N–H and O–H groups in total. The van der Waals surface area contributed by atoms with Gasteiger partial charge in [0.2, 0.25) is 0 Å². The molecule has 0 bridgehead atoms. The monoisotopic (exact) mass is 392 g/mol. The highest BCUT2D eigenvalue weighted by atomic mass is 16.5. The first-order chi connectivity index (χ1) is 13.5. The maximum atomic E-state index is 12.4. The number of hydrogen-bond acceptors (Lipinski definition) is 5. The third-order valence-electron chi connectivity index (χ3n) is 8.22. The van der Waals surface area contributed by atoms with Crippen molar-refractivity contribution in [3.63, 3.8) is 0 Å². The van der Waals surface area contributed by atoms with Crippen molar-refractivity contribution >= 4 is 11.9 Å². The third kappa shape index (κ3) is 3.59. The maximum Gasteiger partial charge on any atom is 0.309 e. The summed E-state index contributed by atoms with van der Waals surface area (Å²) in [6, 6.07) is 0. The molecule has 0 aromatic rings. The molecule has 4 rings (SSSR count). The van der Waals surface area contributed by atoms with Crippen LogP contribution in [0.25, 0.3) is 0 Å². The lowest BCUT2D eigenvalue weighted by atomic mass is 9.63. The number of aliphatic hydroxyl groups excluding tert-OH is 1. The van der Waals surface area contributed by atoms with Crippen molar-refractivity contribution in [2.24, 2.45) is 28.6 Å². The van der Waals surface area contributed by atoms with E-state index < -0.39 is 0 Å². The zero-order chi connectivity index (χ0) is 19.8. The molecule has 2 saturated carbocycles. The molecule has 3 unspecified atom stereocenters. The van der Waals surface area contributed by atoms with E-state index in [4.69, 9.17) is 9.47 Å². The second-order valence-corrected chi connectivity index (χ2v) is 9.76. The van der Waals surface area contributed by atoms with Gasteiger partial charge in [-0.2, -0.15) is 0 Å². The quantitative estimate of drug-likeness (QED) is 0.538. The van der Waals surface area contributed by atoms with Crippen molar-refractivity contribution in [3.05, 3.63) is 0 Å². The maximum absolute atomic E-state index is 12.4. The summed E-state index contributed by atoms with van der Waals surface area (Å²) in [6.07, 6.45) is 11.6. The first kappa shape index (κ1) is 20.2. The van der Waals surface area contributed by atoms with Gasteiger partial charge in [-0.1, -0.05) is 26.2 Å². The molecule has 0 radical (unpaired) electrons. The molecule has 4 aliphatic rings. The summed E-state index contributed by atoms with van der Waals surface area (Å²) in [7, 11) is 0. The van der Waals surface area contributed by atoms with Crippen LogP contribution in [0, 0.1) is 28.6 Å². The Labute approximate surface area is 168 Å². The fraction of sp³-hybridized carbons (Fsp3) is 0.913. The molecule has 2 aliphatic heterocycles. The smallest absolute Gasteiger partial charge is 0.309 e. The zero-order valence-corrected chi connectivity index (χ0v) is 17.3. The summed E-state index contributed by atoms with van der Waals surface area (Å²) in [4.78, 5) is 24.9. The molecule has 158 valence electrons. The van der Waals surface area contributed by atoms with Gasteiger partial charge >= 0.3 is 11.9 Å². The van der Waals surface area contributed by atoms with Crippen molar-refractivity contribution in [2.45, 2.75) is 90.1 Å². The van der Waals surface area contributed by atoms with E-state index in [1.165, 1.54) is 0 Å². The third-order valence-corrected chi connectivity index (χ3v) is 8.22. The summed E-state index contributed by atoms with van der Waals surface area (Å²) in [6.45, 7) is 3.25. The minimum absolute atomic E-state index is 0.0115. The van der Waals surface area contributed by atoms with Gasteiger partial charge in [0, 0.05) is 0 Å². The highest BCUT2D eigenvalue weighted by Crippen LogP contribution is 2.73. The highest BCUT2D eigenvalue weighted by molar-refractivity contribution is 5.77. The Morgan fingerprint density at radius 2 is 1.39 bits per heavy atom. The summed E-state index contributed by atoms with van der Waals surface area (Å²) in [5.41, 5.74) is 0.0582. The first-order valence-corrected chi connectivity index (χ1v) is 11.5. The van der Waals surface area contributed by atoms with Crippen LogP contribution in [0.5, 0.6) is 0 Å². The number of ether oxygens (including phenoxy) is 2. The molecule has 4 fully saturated rings. The Morgan fingerprint density at radius 1 is 0.893 bits per heavy atom. The Hall–Kier alpha value is -1.10. The number of rotatable bonds is 11. The molecular formula is C23H36O5. The first-order valence-electron chi connectivity index (χ1n) is 11.5. The van der Waals surface area contributed by atoms with E-state index in [1.807, 2.05) is 0 Å². The van der Waals surface area contributed by atoms with Gasteiger partial charge in [-0.15, -0.1) is 0 Å². The molecule has 3 atom stereocenters. The molecule has 2 aliphatic carbocycles. The average Bonchev–Trinajstić information content (AvgIpc) is 3.57. The number of carbonyl (C=O) groups excluding carboxylic acids is 2. The molecule has 28 heavy (non-hydrogen) atoms. The minimum atomic E-state index is -0.223. The lowest BCUT2D eigenvalue weighted by Gasteiger charge is -2.39. The lowest BCUT2D eigenvalue weighted by molar-refractivity contribution is -0.146. The SMILES string of the molecule is CCCCC(O)CCCC(C1(C2CCOC2=O)CC1)C1(C2CCOC2=O)CC1. The number of unbranched alkanes of at least 4 members (excludes halogenated alkanes) is 1. The van der Waals surface area contributed by atoms with Crippen LogP contribution in [0.2, 0.25) is 0 Å². The van der Waals surface area contributed by atoms with Crippen LogP contribution in [0.15, 0.2) is 0 Å². The fourth-order valence-corrected chi connectivity index (χ4v) is 6.49. The minimum Gasteiger partial charge on any atom is -0.465 e. The molecular weight excluding hydrogens is 356 g/mol. The molecule has 0 spiro atoms. The van der Waals surface area contributed by atoms with Crippen molar-refractivity contribution in [3.8, 4) is 0 Å². The molecule has 0 aromatic heterocycles. The Balaban J connectivity index is 1.49. The summed E-state index contributed by atoms with van der Waals surface area (Å²) in [5.74, 6) is 0.366. The van der Waals surface area contributed by atoms with E-state index in [0.717, 1.165) is 77.0 Å². The molecule has 5 heteroatoms. The highest BCUT2D eigenvalue weighted by Gasteiger charge is 2.69. The number of carbonyl (C=O) groups is 2.